The van der Waals surface area contributed by atoms with Gasteiger partial charge in [0.1, 0.15) is 5.60 Å². The van der Waals surface area contributed by atoms with Crippen LogP contribution in [0.3, 0.4) is 0 Å². The number of nitrogen functional groups attached to an aromatic ring is 1. The Bertz CT molecular complexity index is 421. The van der Waals surface area contributed by atoms with Gasteiger partial charge >= 0.3 is 5.97 Å². The lowest BCUT2D eigenvalue weighted by molar-refractivity contribution is -0.0319. The number of esters is 1. The molecule has 5 N–H and O–H groups in total. The molecule has 4 heteroatoms. The molecule has 0 heterocycles. The number of carbonyl (C=O) groups excluding carboxylic acids is 1. The highest BCUT2D eigenvalue weighted by Gasteiger charge is 2.31. The molecule has 0 atom stereocenters. The van der Waals surface area contributed by atoms with Gasteiger partial charge in [-0.25, -0.2) is 4.79 Å². The van der Waals surface area contributed by atoms with Gasteiger partial charge in [-0.1, -0.05) is 33.6 Å². The number of carbonyl (C=O) groups is 1. The minimum absolute atomic E-state index is 0. The number of rotatable bonds is 9. The van der Waals surface area contributed by atoms with Crippen molar-refractivity contribution in [2.24, 2.45) is 0 Å². The lowest BCUT2D eigenvalue weighted by Gasteiger charge is -2.33. The Balaban J connectivity index is 0.00000441. The number of hydrogen-bond acceptors (Lipinski definition) is 4. The molecular weight excluding hydrogens is 276 g/mol. The third-order valence-corrected chi connectivity index (χ3v) is 4.07. The van der Waals surface area contributed by atoms with Crippen LogP contribution in [0.15, 0.2) is 24.3 Å². The third kappa shape index (κ3) is 6.06. The average Bonchev–Trinajstić information content (AvgIpc) is 2.50. The van der Waals surface area contributed by atoms with Crippen molar-refractivity contribution in [1.29, 1.82) is 0 Å². The van der Waals surface area contributed by atoms with Crippen LogP contribution < -0.4 is 11.9 Å². The minimum Gasteiger partial charge on any atom is -0.455 e. The van der Waals surface area contributed by atoms with Gasteiger partial charge in [-0.2, -0.15) is 0 Å². The molecule has 126 valence electrons. The highest BCUT2D eigenvalue weighted by molar-refractivity contribution is 5.90. The fourth-order valence-electron chi connectivity index (χ4n) is 2.53. The Labute approximate surface area is 135 Å². The molecule has 0 saturated heterocycles. The molecule has 1 rings (SSSR count). The molecular formula is C18H32N2O2. The summed E-state index contributed by atoms with van der Waals surface area (Å²) in [4.78, 5) is 12.4. The number of anilines is 1. The number of hydrogen-bond donors (Lipinski definition) is 2. The molecule has 0 saturated carbocycles. The van der Waals surface area contributed by atoms with Crippen LogP contribution in [0.1, 0.15) is 76.1 Å². The molecule has 0 fully saturated rings. The molecule has 0 amide bonds. The second kappa shape index (κ2) is 10.2. The van der Waals surface area contributed by atoms with Crippen LogP contribution in [0.25, 0.3) is 0 Å². The summed E-state index contributed by atoms with van der Waals surface area (Å²) in [6.45, 7) is 6.45. The second-order valence-electron chi connectivity index (χ2n) is 5.76. The average molecular weight is 308 g/mol. The zero-order valence-corrected chi connectivity index (χ0v) is 14.4. The van der Waals surface area contributed by atoms with Gasteiger partial charge in [-0.15, -0.1) is 0 Å². The zero-order chi connectivity index (χ0) is 15.7. The van der Waals surface area contributed by atoms with Gasteiger partial charge in [0.15, 0.2) is 0 Å². The van der Waals surface area contributed by atoms with E-state index < -0.39 is 0 Å². The quantitative estimate of drug-likeness (QED) is 0.489. The second-order valence-corrected chi connectivity index (χ2v) is 5.76. The molecule has 0 aliphatic rings. The van der Waals surface area contributed by atoms with Crippen molar-refractivity contribution in [1.82, 2.24) is 6.15 Å². The van der Waals surface area contributed by atoms with Crippen molar-refractivity contribution < 1.29 is 9.53 Å². The van der Waals surface area contributed by atoms with Crippen LogP contribution in [0.4, 0.5) is 5.69 Å². The Hall–Kier alpha value is -1.55. The lowest BCUT2D eigenvalue weighted by Crippen LogP contribution is -2.34. The van der Waals surface area contributed by atoms with Gasteiger partial charge in [-0.05, 0) is 56.4 Å². The van der Waals surface area contributed by atoms with E-state index in [1.54, 1.807) is 24.3 Å². The fraction of sp³-hybridized carbons (Fsp3) is 0.611. The molecule has 0 aliphatic heterocycles. The molecule has 0 bridgehead atoms. The molecule has 0 radical (unpaired) electrons. The van der Waals surface area contributed by atoms with E-state index >= 15 is 0 Å². The predicted molar refractivity (Wildman–Crippen MR) is 93.4 cm³/mol. The van der Waals surface area contributed by atoms with E-state index in [0.717, 1.165) is 44.9 Å². The first-order chi connectivity index (χ1) is 10.1. The number of benzene rings is 1. The van der Waals surface area contributed by atoms with Crippen molar-refractivity contribution in [3.8, 4) is 0 Å². The number of nitrogens with two attached hydrogens (primary N) is 1. The summed E-state index contributed by atoms with van der Waals surface area (Å²) in [6.07, 6.45) is 7.18. The van der Waals surface area contributed by atoms with E-state index in [2.05, 4.69) is 20.8 Å². The van der Waals surface area contributed by atoms with Crippen LogP contribution in [0.2, 0.25) is 0 Å². The summed E-state index contributed by atoms with van der Waals surface area (Å²) in [6, 6.07) is 6.94. The van der Waals surface area contributed by atoms with Crippen LogP contribution >= 0.6 is 0 Å². The van der Waals surface area contributed by atoms with E-state index in [1.807, 2.05) is 0 Å². The smallest absolute Gasteiger partial charge is 0.338 e. The summed E-state index contributed by atoms with van der Waals surface area (Å²) in [5, 5.41) is 0. The van der Waals surface area contributed by atoms with Crippen molar-refractivity contribution in [3.63, 3.8) is 0 Å². The molecule has 0 unspecified atom stereocenters. The van der Waals surface area contributed by atoms with Gasteiger partial charge in [0.2, 0.25) is 0 Å². The van der Waals surface area contributed by atoms with Gasteiger partial charge in [0.05, 0.1) is 5.56 Å². The van der Waals surface area contributed by atoms with Gasteiger partial charge in [0, 0.05) is 5.69 Å². The summed E-state index contributed by atoms with van der Waals surface area (Å²) in [5.41, 5.74) is 6.58. The van der Waals surface area contributed by atoms with Gasteiger partial charge in [-0.3, -0.25) is 0 Å². The maximum atomic E-state index is 12.4. The standard InChI is InChI=1S/C18H29NO2.H3N/c1-4-7-13-18(6-3,14-8-5-2)21-17(20)15-9-11-16(19)12-10-15;/h9-12H,4-8,13-14,19H2,1-3H3;1H3. The highest BCUT2D eigenvalue weighted by Crippen LogP contribution is 2.30. The SMILES string of the molecule is CCCCC(CC)(CCCC)OC(=O)c1ccc(N)cc1.N. The van der Waals surface area contributed by atoms with Crippen LogP contribution in [0.5, 0.6) is 0 Å². The predicted octanol–water partition coefficient (Wildman–Crippen LogP) is 5.12. The maximum Gasteiger partial charge on any atom is 0.338 e. The summed E-state index contributed by atoms with van der Waals surface area (Å²) < 4.78 is 5.94. The Kier molecular flexibility index (Phi) is 9.50. The molecule has 1 aromatic rings. The molecule has 0 spiro atoms. The number of unbranched alkanes of at least 4 members (excludes halogenated alkanes) is 2. The number of ether oxygens (including phenoxy) is 1. The lowest BCUT2D eigenvalue weighted by atomic mass is 9.88. The molecule has 4 nitrogen and oxygen atoms in total. The third-order valence-electron chi connectivity index (χ3n) is 4.07. The highest BCUT2D eigenvalue weighted by atomic mass is 16.6. The fourth-order valence-corrected chi connectivity index (χ4v) is 2.53. The first-order valence-corrected chi connectivity index (χ1v) is 8.15. The van der Waals surface area contributed by atoms with Gasteiger partial charge in [0.25, 0.3) is 0 Å². The van der Waals surface area contributed by atoms with Gasteiger partial charge < -0.3 is 16.6 Å². The van der Waals surface area contributed by atoms with Crippen molar-refractivity contribution in [3.05, 3.63) is 29.8 Å². The van der Waals surface area contributed by atoms with Crippen molar-refractivity contribution in [2.45, 2.75) is 71.3 Å². The molecule has 1 aromatic carbocycles. The van der Waals surface area contributed by atoms with E-state index in [0.29, 0.717) is 11.3 Å². The minimum atomic E-state index is -0.315. The normalized spacial score (nSPS) is 10.9. The summed E-state index contributed by atoms with van der Waals surface area (Å²) >= 11 is 0. The first kappa shape index (κ1) is 20.5. The summed E-state index contributed by atoms with van der Waals surface area (Å²) in [7, 11) is 0. The summed E-state index contributed by atoms with van der Waals surface area (Å²) in [5.74, 6) is -0.232. The molecule has 0 aliphatic carbocycles. The molecule has 0 aromatic heterocycles. The van der Waals surface area contributed by atoms with Crippen LogP contribution in [0, 0.1) is 0 Å². The van der Waals surface area contributed by atoms with Crippen molar-refractivity contribution in [2.75, 3.05) is 5.73 Å². The van der Waals surface area contributed by atoms with E-state index in [1.165, 1.54) is 0 Å². The molecule has 22 heavy (non-hydrogen) atoms. The monoisotopic (exact) mass is 308 g/mol. The van der Waals surface area contributed by atoms with E-state index in [-0.39, 0.29) is 17.7 Å². The van der Waals surface area contributed by atoms with Crippen molar-refractivity contribution >= 4 is 11.7 Å². The Morgan fingerprint density at radius 3 is 1.95 bits per heavy atom. The van der Waals surface area contributed by atoms with Crippen LogP contribution in [-0.2, 0) is 4.74 Å². The Morgan fingerprint density at radius 1 is 1.05 bits per heavy atom. The maximum absolute atomic E-state index is 12.4. The zero-order valence-electron chi connectivity index (χ0n) is 14.4. The Morgan fingerprint density at radius 2 is 1.55 bits per heavy atom. The first-order valence-electron chi connectivity index (χ1n) is 8.15. The largest absolute Gasteiger partial charge is 0.455 e. The van der Waals surface area contributed by atoms with E-state index in [4.69, 9.17) is 10.5 Å². The van der Waals surface area contributed by atoms with Crippen LogP contribution in [-0.4, -0.2) is 11.6 Å². The van der Waals surface area contributed by atoms with E-state index in [9.17, 15) is 4.79 Å². The topological polar surface area (TPSA) is 87.3 Å².